The van der Waals surface area contributed by atoms with E-state index in [2.05, 4.69) is 10.6 Å². The molecule has 0 aliphatic carbocycles. The Morgan fingerprint density at radius 3 is 2.50 bits per heavy atom. The van der Waals surface area contributed by atoms with Crippen LogP contribution in [0.3, 0.4) is 0 Å². The molecule has 4 N–H and O–H groups in total. The number of benzene rings is 1. The molecule has 110 valence electrons. The Labute approximate surface area is 119 Å². The first-order chi connectivity index (χ1) is 9.42. The van der Waals surface area contributed by atoms with Gasteiger partial charge in [-0.2, -0.15) is 0 Å². The first kappa shape index (κ1) is 16.0. The molecule has 0 unspecified atom stereocenters. The van der Waals surface area contributed by atoms with Crippen LogP contribution in [0.15, 0.2) is 18.2 Å². The number of carbonyl (C=O) groups excluding carboxylic acids is 2. The number of nitrogens with two attached hydrogens (primary N) is 1. The number of nitrogens with zero attached hydrogens (tertiary/aromatic N) is 1. The minimum atomic E-state index is -0.162. The number of nitrogen functional groups attached to an aromatic ring is 1. The highest BCUT2D eigenvalue weighted by molar-refractivity contribution is 5.93. The molecule has 0 bridgehead atoms. The molecule has 1 aromatic rings. The van der Waals surface area contributed by atoms with Gasteiger partial charge in [0.05, 0.1) is 13.1 Å². The molecule has 20 heavy (non-hydrogen) atoms. The Bertz CT molecular complexity index is 488. The summed E-state index contributed by atoms with van der Waals surface area (Å²) in [6.45, 7) is 4.67. The average molecular weight is 278 g/mol. The standard InChI is InChI=1S/C14H22N4O2/c1-4-16-13(19)8-18(3)9-14(20)17-12-6-5-11(15)7-10(12)2/h5-7H,4,8-9,15H2,1-3H3,(H,16,19)(H,17,20). The Morgan fingerprint density at radius 2 is 1.90 bits per heavy atom. The van der Waals surface area contributed by atoms with E-state index in [9.17, 15) is 9.59 Å². The van der Waals surface area contributed by atoms with Crippen molar-refractivity contribution in [1.82, 2.24) is 10.2 Å². The van der Waals surface area contributed by atoms with Gasteiger partial charge in [0.1, 0.15) is 0 Å². The van der Waals surface area contributed by atoms with Crippen LogP contribution >= 0.6 is 0 Å². The van der Waals surface area contributed by atoms with Crippen molar-refractivity contribution < 1.29 is 9.59 Å². The number of aryl methyl sites for hydroxylation is 1. The molecule has 0 aliphatic heterocycles. The van der Waals surface area contributed by atoms with Crippen molar-refractivity contribution in [3.63, 3.8) is 0 Å². The third-order valence-electron chi connectivity index (χ3n) is 2.73. The Hall–Kier alpha value is -2.08. The minimum Gasteiger partial charge on any atom is -0.399 e. The van der Waals surface area contributed by atoms with E-state index in [1.165, 1.54) is 0 Å². The van der Waals surface area contributed by atoms with Crippen molar-refractivity contribution in [3.8, 4) is 0 Å². The summed E-state index contributed by atoms with van der Waals surface area (Å²) in [5.41, 5.74) is 7.96. The molecule has 2 amide bonds. The van der Waals surface area contributed by atoms with Crippen molar-refractivity contribution in [2.45, 2.75) is 13.8 Å². The topological polar surface area (TPSA) is 87.5 Å². The molecule has 0 aromatic heterocycles. The van der Waals surface area contributed by atoms with Crippen LogP contribution in [-0.2, 0) is 9.59 Å². The van der Waals surface area contributed by atoms with Crippen LogP contribution in [0.4, 0.5) is 11.4 Å². The van der Waals surface area contributed by atoms with E-state index in [0.29, 0.717) is 12.2 Å². The van der Waals surface area contributed by atoms with Crippen LogP contribution in [0.5, 0.6) is 0 Å². The second-order valence-corrected chi connectivity index (χ2v) is 4.75. The van der Waals surface area contributed by atoms with Crippen molar-refractivity contribution in [3.05, 3.63) is 23.8 Å². The molecule has 0 atom stereocenters. The van der Waals surface area contributed by atoms with Crippen LogP contribution in [0.2, 0.25) is 0 Å². The molecule has 0 saturated carbocycles. The number of carbonyl (C=O) groups is 2. The third-order valence-corrected chi connectivity index (χ3v) is 2.73. The summed E-state index contributed by atoms with van der Waals surface area (Å²) in [6.07, 6.45) is 0. The fraction of sp³-hybridized carbons (Fsp3) is 0.429. The predicted molar refractivity (Wildman–Crippen MR) is 80.4 cm³/mol. The number of anilines is 2. The molecule has 0 radical (unpaired) electrons. The number of hydrogen-bond donors (Lipinski definition) is 3. The lowest BCUT2D eigenvalue weighted by Gasteiger charge is -2.16. The van der Waals surface area contributed by atoms with Gasteiger partial charge in [0.2, 0.25) is 11.8 Å². The summed E-state index contributed by atoms with van der Waals surface area (Å²) in [5.74, 6) is -0.254. The van der Waals surface area contributed by atoms with E-state index in [4.69, 9.17) is 5.73 Å². The van der Waals surface area contributed by atoms with E-state index in [1.54, 1.807) is 30.1 Å². The van der Waals surface area contributed by atoms with Gasteiger partial charge in [0, 0.05) is 17.9 Å². The van der Waals surface area contributed by atoms with Crippen LogP contribution in [0, 0.1) is 6.92 Å². The van der Waals surface area contributed by atoms with Gasteiger partial charge in [-0.05, 0) is 44.7 Å². The summed E-state index contributed by atoms with van der Waals surface area (Å²) >= 11 is 0. The zero-order chi connectivity index (χ0) is 15.1. The summed E-state index contributed by atoms with van der Waals surface area (Å²) in [7, 11) is 1.73. The molecule has 0 saturated heterocycles. The fourth-order valence-electron chi connectivity index (χ4n) is 1.82. The molecule has 6 heteroatoms. The normalized spacial score (nSPS) is 10.4. The van der Waals surface area contributed by atoms with Gasteiger partial charge in [-0.3, -0.25) is 14.5 Å². The number of likely N-dealkylation sites (N-methyl/N-ethyl adjacent to an activating group) is 2. The minimum absolute atomic E-state index is 0.0912. The van der Waals surface area contributed by atoms with Crippen LogP contribution < -0.4 is 16.4 Å². The van der Waals surface area contributed by atoms with Crippen molar-refractivity contribution in [2.75, 3.05) is 37.7 Å². The first-order valence-electron chi connectivity index (χ1n) is 6.53. The van der Waals surface area contributed by atoms with Crippen LogP contribution in [0.1, 0.15) is 12.5 Å². The molecule has 6 nitrogen and oxygen atoms in total. The predicted octanol–water partition coefficient (Wildman–Crippen LogP) is 0.584. The van der Waals surface area contributed by atoms with E-state index in [0.717, 1.165) is 11.3 Å². The number of hydrogen-bond acceptors (Lipinski definition) is 4. The van der Waals surface area contributed by atoms with Crippen molar-refractivity contribution in [2.24, 2.45) is 0 Å². The highest BCUT2D eigenvalue weighted by Gasteiger charge is 2.11. The Morgan fingerprint density at radius 1 is 1.25 bits per heavy atom. The van der Waals surface area contributed by atoms with Gasteiger partial charge in [-0.15, -0.1) is 0 Å². The second-order valence-electron chi connectivity index (χ2n) is 4.75. The van der Waals surface area contributed by atoms with Crippen LogP contribution in [-0.4, -0.2) is 43.4 Å². The van der Waals surface area contributed by atoms with E-state index >= 15 is 0 Å². The molecule has 0 heterocycles. The zero-order valence-corrected chi connectivity index (χ0v) is 12.2. The van der Waals surface area contributed by atoms with Crippen LogP contribution in [0.25, 0.3) is 0 Å². The van der Waals surface area contributed by atoms with E-state index in [-0.39, 0.29) is 24.9 Å². The van der Waals surface area contributed by atoms with Crippen molar-refractivity contribution in [1.29, 1.82) is 0 Å². The van der Waals surface area contributed by atoms with Crippen molar-refractivity contribution >= 4 is 23.2 Å². The quantitative estimate of drug-likeness (QED) is 0.664. The summed E-state index contributed by atoms with van der Waals surface area (Å²) in [5, 5.41) is 5.49. The Kier molecular flexibility index (Phi) is 5.99. The summed E-state index contributed by atoms with van der Waals surface area (Å²) in [6, 6.07) is 5.31. The van der Waals surface area contributed by atoms with Gasteiger partial charge < -0.3 is 16.4 Å². The number of rotatable bonds is 6. The molecular formula is C14H22N4O2. The van der Waals surface area contributed by atoms with Gasteiger partial charge in [-0.25, -0.2) is 0 Å². The van der Waals surface area contributed by atoms with Gasteiger partial charge >= 0.3 is 0 Å². The van der Waals surface area contributed by atoms with Gasteiger partial charge in [0.15, 0.2) is 0 Å². The first-order valence-corrected chi connectivity index (χ1v) is 6.53. The smallest absolute Gasteiger partial charge is 0.238 e. The molecule has 0 aliphatic rings. The fourth-order valence-corrected chi connectivity index (χ4v) is 1.82. The largest absolute Gasteiger partial charge is 0.399 e. The highest BCUT2D eigenvalue weighted by atomic mass is 16.2. The maximum Gasteiger partial charge on any atom is 0.238 e. The summed E-state index contributed by atoms with van der Waals surface area (Å²) < 4.78 is 0. The molecular weight excluding hydrogens is 256 g/mol. The van der Waals surface area contributed by atoms with E-state index < -0.39 is 0 Å². The maximum atomic E-state index is 11.9. The molecule has 1 aromatic carbocycles. The van der Waals surface area contributed by atoms with Gasteiger partial charge in [0.25, 0.3) is 0 Å². The van der Waals surface area contributed by atoms with Gasteiger partial charge in [-0.1, -0.05) is 0 Å². The third kappa shape index (κ3) is 5.27. The molecule has 0 spiro atoms. The Balaban J connectivity index is 2.49. The lowest BCUT2D eigenvalue weighted by atomic mass is 10.2. The maximum absolute atomic E-state index is 11.9. The lowest BCUT2D eigenvalue weighted by molar-refractivity contribution is -0.122. The lowest BCUT2D eigenvalue weighted by Crippen LogP contribution is -2.38. The number of nitrogens with one attached hydrogen (secondary N) is 2. The summed E-state index contributed by atoms with van der Waals surface area (Å²) in [4.78, 5) is 24.9. The molecule has 1 rings (SSSR count). The molecule has 0 fully saturated rings. The second kappa shape index (κ2) is 7.49. The monoisotopic (exact) mass is 278 g/mol. The van der Waals surface area contributed by atoms with E-state index in [1.807, 2.05) is 13.8 Å². The number of amides is 2. The average Bonchev–Trinajstić information content (AvgIpc) is 2.32. The highest BCUT2D eigenvalue weighted by Crippen LogP contribution is 2.17. The SMILES string of the molecule is CCNC(=O)CN(C)CC(=O)Nc1ccc(N)cc1C. The zero-order valence-electron chi connectivity index (χ0n) is 12.2.